The number of nitrogens with zero attached hydrogens (tertiary/aromatic N) is 3. The van der Waals surface area contributed by atoms with Gasteiger partial charge in [0.2, 0.25) is 5.91 Å². The highest BCUT2D eigenvalue weighted by Crippen LogP contribution is 2.23. The van der Waals surface area contributed by atoms with Crippen LogP contribution < -0.4 is 10.5 Å². The van der Waals surface area contributed by atoms with E-state index in [1.165, 1.54) is 17.0 Å². The molecule has 7 nitrogen and oxygen atoms in total. The Bertz CT molecular complexity index is 1300. The monoisotopic (exact) mass is 455 g/mol. The van der Waals surface area contributed by atoms with Crippen LogP contribution in [-0.4, -0.2) is 35.9 Å². The number of aromatic nitrogens is 2. The maximum absolute atomic E-state index is 13.2. The van der Waals surface area contributed by atoms with Crippen molar-refractivity contribution in [3.05, 3.63) is 93.6 Å². The van der Waals surface area contributed by atoms with Gasteiger partial charge in [0.05, 0.1) is 17.5 Å². The van der Waals surface area contributed by atoms with E-state index in [0.717, 1.165) is 15.7 Å². The van der Waals surface area contributed by atoms with E-state index in [1.807, 2.05) is 0 Å². The quantitative estimate of drug-likeness (QED) is 0.590. The summed E-state index contributed by atoms with van der Waals surface area (Å²) in [4.78, 5) is 27.0. The Morgan fingerprint density at radius 2 is 1.77 bits per heavy atom. The minimum atomic E-state index is -3.38. The van der Waals surface area contributed by atoms with Crippen LogP contribution >= 0.6 is 11.6 Å². The van der Waals surface area contributed by atoms with E-state index in [4.69, 9.17) is 11.6 Å². The second-order valence-corrected chi connectivity index (χ2v) is 9.41. The lowest BCUT2D eigenvalue weighted by Crippen LogP contribution is -2.44. The average molecular weight is 456 g/mol. The predicted molar refractivity (Wildman–Crippen MR) is 120 cm³/mol. The topological polar surface area (TPSA) is 89.3 Å². The number of amides is 1. The van der Waals surface area contributed by atoms with Crippen LogP contribution in [0.3, 0.4) is 0 Å². The number of hydrogen-bond donors (Lipinski definition) is 0. The van der Waals surface area contributed by atoms with Gasteiger partial charge in [0.1, 0.15) is 6.54 Å². The lowest BCUT2D eigenvalue weighted by Gasteiger charge is -2.27. The van der Waals surface area contributed by atoms with Crippen molar-refractivity contribution in [2.45, 2.75) is 12.6 Å². The van der Waals surface area contributed by atoms with Gasteiger partial charge in [-0.1, -0.05) is 41.9 Å². The molecule has 0 bridgehead atoms. The maximum atomic E-state index is 13.2. The molecule has 1 aliphatic heterocycles. The maximum Gasteiger partial charge on any atom is 0.267 e. The van der Waals surface area contributed by atoms with Gasteiger partial charge in [0, 0.05) is 27.7 Å². The molecule has 0 aliphatic carbocycles. The van der Waals surface area contributed by atoms with Gasteiger partial charge in [0.15, 0.2) is 9.84 Å². The normalized spacial score (nSPS) is 16.9. The molecule has 2 heterocycles. The summed E-state index contributed by atoms with van der Waals surface area (Å²) in [6.07, 6.45) is 1.49. The molecule has 158 valence electrons. The SMILES string of the molecule is O=C(Cn1nc(-c2ccc(Cl)cc2)ccc1=O)N(c1ccccc1)C1C=CS(=O)(=O)C1. The van der Waals surface area contributed by atoms with Crippen molar-refractivity contribution in [3.8, 4) is 11.3 Å². The van der Waals surface area contributed by atoms with Crippen LogP contribution in [0.2, 0.25) is 5.02 Å². The van der Waals surface area contributed by atoms with E-state index < -0.39 is 27.3 Å². The first-order valence-electron chi connectivity index (χ1n) is 9.44. The molecular weight excluding hydrogens is 438 g/mol. The van der Waals surface area contributed by atoms with Crippen LogP contribution in [0, 0.1) is 0 Å². The molecule has 1 aliphatic rings. The Hall–Kier alpha value is -3.23. The molecule has 0 radical (unpaired) electrons. The Kier molecular flexibility index (Phi) is 5.75. The third kappa shape index (κ3) is 4.76. The number of carbonyl (C=O) groups excluding carboxylic acids is 1. The van der Waals surface area contributed by atoms with Crippen LogP contribution in [0.4, 0.5) is 5.69 Å². The van der Waals surface area contributed by atoms with Gasteiger partial charge in [-0.15, -0.1) is 0 Å². The summed E-state index contributed by atoms with van der Waals surface area (Å²) in [5.41, 5.74) is 1.36. The van der Waals surface area contributed by atoms with Crippen LogP contribution in [0.25, 0.3) is 11.3 Å². The fourth-order valence-corrected chi connectivity index (χ4v) is 4.76. The fourth-order valence-electron chi connectivity index (χ4n) is 3.37. The van der Waals surface area contributed by atoms with Gasteiger partial charge in [-0.05, 0) is 36.4 Å². The predicted octanol–water partition coefficient (Wildman–Crippen LogP) is 2.91. The highest BCUT2D eigenvalue weighted by molar-refractivity contribution is 7.94. The third-order valence-electron chi connectivity index (χ3n) is 4.84. The number of halogens is 1. The van der Waals surface area contributed by atoms with Gasteiger partial charge in [-0.25, -0.2) is 13.1 Å². The molecule has 0 spiro atoms. The first kappa shape index (κ1) is 21.0. The van der Waals surface area contributed by atoms with Crippen molar-refractivity contribution < 1.29 is 13.2 Å². The van der Waals surface area contributed by atoms with Gasteiger partial charge in [-0.3, -0.25) is 9.59 Å². The van der Waals surface area contributed by atoms with Gasteiger partial charge >= 0.3 is 0 Å². The van der Waals surface area contributed by atoms with Gasteiger partial charge < -0.3 is 4.90 Å². The number of rotatable bonds is 5. The van der Waals surface area contributed by atoms with Crippen molar-refractivity contribution in [3.63, 3.8) is 0 Å². The highest BCUT2D eigenvalue weighted by atomic mass is 35.5. The van der Waals surface area contributed by atoms with E-state index in [9.17, 15) is 18.0 Å². The Morgan fingerprint density at radius 3 is 2.42 bits per heavy atom. The molecule has 9 heteroatoms. The van der Waals surface area contributed by atoms with Crippen molar-refractivity contribution in [1.29, 1.82) is 0 Å². The molecule has 0 saturated heterocycles. The molecule has 1 aromatic heterocycles. The molecule has 0 N–H and O–H groups in total. The third-order valence-corrected chi connectivity index (χ3v) is 6.47. The number of para-hydroxylation sites is 1. The first-order valence-corrected chi connectivity index (χ1v) is 11.5. The van der Waals surface area contributed by atoms with E-state index in [1.54, 1.807) is 60.7 Å². The summed E-state index contributed by atoms with van der Waals surface area (Å²) in [6, 6.07) is 18.0. The summed E-state index contributed by atoms with van der Waals surface area (Å²) in [5, 5.41) is 6.01. The highest BCUT2D eigenvalue weighted by Gasteiger charge is 2.31. The standard InChI is InChI=1S/C22H18ClN3O4S/c23-17-8-6-16(7-9-17)20-10-11-21(27)25(24-20)14-22(28)26(18-4-2-1-3-5-18)19-12-13-31(29,30)15-19/h1-13,19H,14-15H2. The molecule has 1 amide bonds. The number of benzene rings is 2. The minimum absolute atomic E-state index is 0.208. The molecule has 1 unspecified atom stereocenters. The smallest absolute Gasteiger partial charge is 0.267 e. The Morgan fingerprint density at radius 1 is 1.06 bits per heavy atom. The minimum Gasteiger partial charge on any atom is -0.303 e. The van der Waals surface area contributed by atoms with Gasteiger partial charge in [0.25, 0.3) is 5.56 Å². The average Bonchev–Trinajstić information content (AvgIpc) is 3.10. The van der Waals surface area contributed by atoms with Gasteiger partial charge in [-0.2, -0.15) is 5.10 Å². The number of anilines is 1. The summed E-state index contributed by atoms with van der Waals surface area (Å²) >= 11 is 5.93. The summed E-state index contributed by atoms with van der Waals surface area (Å²) < 4.78 is 24.9. The second-order valence-electron chi connectivity index (χ2n) is 7.05. The zero-order valence-electron chi connectivity index (χ0n) is 16.3. The Labute approximate surface area is 184 Å². The Balaban J connectivity index is 1.66. The number of sulfone groups is 1. The lowest BCUT2D eigenvalue weighted by atomic mass is 10.1. The molecule has 0 saturated carbocycles. The zero-order valence-corrected chi connectivity index (χ0v) is 17.8. The lowest BCUT2D eigenvalue weighted by molar-refractivity contribution is -0.119. The molecular formula is C22H18ClN3O4S. The first-order chi connectivity index (χ1) is 14.8. The van der Waals surface area contributed by atoms with E-state index in [0.29, 0.717) is 16.4 Å². The summed E-state index contributed by atoms with van der Waals surface area (Å²) in [7, 11) is -3.38. The van der Waals surface area contributed by atoms with E-state index >= 15 is 0 Å². The van der Waals surface area contributed by atoms with Crippen molar-refractivity contribution in [2.75, 3.05) is 10.7 Å². The van der Waals surface area contributed by atoms with Crippen molar-refractivity contribution in [1.82, 2.24) is 9.78 Å². The fraction of sp³-hybridized carbons (Fsp3) is 0.136. The van der Waals surface area contributed by atoms with Crippen LogP contribution in [0.5, 0.6) is 0 Å². The van der Waals surface area contributed by atoms with E-state index in [2.05, 4.69) is 5.10 Å². The molecule has 3 aromatic rings. The van der Waals surface area contributed by atoms with Crippen LogP contribution in [0.15, 0.2) is 83.0 Å². The number of hydrogen-bond acceptors (Lipinski definition) is 5. The molecule has 1 atom stereocenters. The zero-order chi connectivity index (χ0) is 22.0. The van der Waals surface area contributed by atoms with Crippen molar-refractivity contribution in [2.24, 2.45) is 0 Å². The van der Waals surface area contributed by atoms with E-state index in [-0.39, 0.29) is 12.3 Å². The largest absolute Gasteiger partial charge is 0.303 e. The molecule has 2 aromatic carbocycles. The van der Waals surface area contributed by atoms with Crippen molar-refractivity contribution >= 4 is 33.0 Å². The number of carbonyl (C=O) groups is 1. The summed E-state index contributed by atoms with van der Waals surface area (Å²) in [5.74, 6) is -0.651. The second kappa shape index (κ2) is 8.49. The molecule has 31 heavy (non-hydrogen) atoms. The van der Waals surface area contributed by atoms with Crippen LogP contribution in [0.1, 0.15) is 0 Å². The molecule has 0 fully saturated rings. The van der Waals surface area contributed by atoms with Crippen LogP contribution in [-0.2, 0) is 21.2 Å². The summed E-state index contributed by atoms with van der Waals surface area (Å²) in [6.45, 7) is -0.334. The molecule has 4 rings (SSSR count).